The van der Waals surface area contributed by atoms with E-state index in [9.17, 15) is 9.59 Å². The molecule has 0 atom stereocenters. The SMILES string of the molecule is CCc1ccc(NC(=O)COCC(=O)Nc2cccc(C)c2)cc1. The van der Waals surface area contributed by atoms with Crippen LogP contribution in [-0.4, -0.2) is 25.0 Å². The van der Waals surface area contributed by atoms with Crippen LogP contribution in [-0.2, 0) is 20.7 Å². The van der Waals surface area contributed by atoms with Gasteiger partial charge in [-0.05, 0) is 48.7 Å². The van der Waals surface area contributed by atoms with Crippen molar-refractivity contribution >= 4 is 23.2 Å². The summed E-state index contributed by atoms with van der Waals surface area (Å²) in [6, 6.07) is 15.1. The predicted octanol–water partition coefficient (Wildman–Crippen LogP) is 3.15. The zero-order valence-corrected chi connectivity index (χ0v) is 14.0. The van der Waals surface area contributed by atoms with E-state index in [4.69, 9.17) is 4.74 Å². The molecule has 126 valence electrons. The van der Waals surface area contributed by atoms with Gasteiger partial charge in [0, 0.05) is 11.4 Å². The molecule has 0 aromatic heterocycles. The number of carbonyl (C=O) groups excluding carboxylic acids is 2. The van der Waals surface area contributed by atoms with Gasteiger partial charge in [0.25, 0.3) is 0 Å². The van der Waals surface area contributed by atoms with Crippen LogP contribution >= 0.6 is 0 Å². The summed E-state index contributed by atoms with van der Waals surface area (Å²) in [4.78, 5) is 23.5. The van der Waals surface area contributed by atoms with Crippen LogP contribution in [0.5, 0.6) is 0 Å². The van der Waals surface area contributed by atoms with E-state index in [1.54, 1.807) is 6.07 Å². The molecule has 2 rings (SSSR count). The molecule has 0 aliphatic heterocycles. The predicted molar refractivity (Wildman–Crippen MR) is 95.1 cm³/mol. The van der Waals surface area contributed by atoms with Crippen LogP contribution in [0, 0.1) is 6.92 Å². The lowest BCUT2D eigenvalue weighted by atomic mass is 10.1. The second kappa shape index (κ2) is 8.84. The summed E-state index contributed by atoms with van der Waals surface area (Å²) in [5.41, 5.74) is 3.69. The van der Waals surface area contributed by atoms with Gasteiger partial charge >= 0.3 is 0 Å². The summed E-state index contributed by atoms with van der Waals surface area (Å²) in [5, 5.41) is 5.45. The average Bonchev–Trinajstić information content (AvgIpc) is 2.55. The Hall–Kier alpha value is -2.66. The lowest BCUT2D eigenvalue weighted by Gasteiger charge is -2.08. The highest BCUT2D eigenvalue weighted by molar-refractivity contribution is 5.93. The number of benzene rings is 2. The molecule has 0 saturated carbocycles. The Labute approximate surface area is 142 Å². The number of ether oxygens (including phenoxy) is 1. The largest absolute Gasteiger partial charge is 0.362 e. The van der Waals surface area contributed by atoms with Crippen LogP contribution < -0.4 is 10.6 Å². The number of nitrogens with one attached hydrogen (secondary N) is 2. The molecule has 0 spiro atoms. The molecule has 0 saturated heterocycles. The smallest absolute Gasteiger partial charge is 0.250 e. The van der Waals surface area contributed by atoms with Gasteiger partial charge in [0.1, 0.15) is 13.2 Å². The first-order valence-electron chi connectivity index (χ1n) is 7.90. The molecule has 2 amide bonds. The lowest BCUT2D eigenvalue weighted by molar-refractivity contribution is -0.125. The molecule has 5 heteroatoms. The van der Waals surface area contributed by atoms with E-state index in [2.05, 4.69) is 17.6 Å². The summed E-state index contributed by atoms with van der Waals surface area (Å²) in [5.74, 6) is -0.580. The fourth-order valence-electron chi connectivity index (χ4n) is 2.18. The molecule has 0 heterocycles. The molecule has 0 aliphatic carbocycles. The van der Waals surface area contributed by atoms with Crippen molar-refractivity contribution in [2.45, 2.75) is 20.3 Å². The molecular weight excluding hydrogens is 304 g/mol. The molecule has 0 unspecified atom stereocenters. The minimum atomic E-state index is -0.291. The highest BCUT2D eigenvalue weighted by Crippen LogP contribution is 2.10. The maximum Gasteiger partial charge on any atom is 0.250 e. The molecule has 0 aliphatic rings. The first-order valence-corrected chi connectivity index (χ1v) is 7.90. The maximum absolute atomic E-state index is 11.8. The average molecular weight is 326 g/mol. The number of hydrogen-bond acceptors (Lipinski definition) is 3. The fourth-order valence-corrected chi connectivity index (χ4v) is 2.18. The molecular formula is C19H22N2O3. The molecule has 5 nitrogen and oxygen atoms in total. The highest BCUT2D eigenvalue weighted by Gasteiger charge is 2.06. The Morgan fingerprint density at radius 1 is 0.917 bits per heavy atom. The van der Waals surface area contributed by atoms with E-state index >= 15 is 0 Å². The van der Waals surface area contributed by atoms with E-state index in [1.165, 1.54) is 5.56 Å². The van der Waals surface area contributed by atoms with Crippen molar-refractivity contribution in [1.82, 2.24) is 0 Å². The van der Waals surface area contributed by atoms with Crippen molar-refractivity contribution in [2.24, 2.45) is 0 Å². The quantitative estimate of drug-likeness (QED) is 0.821. The molecule has 0 fully saturated rings. The second-order valence-corrected chi connectivity index (χ2v) is 5.51. The fraction of sp³-hybridized carbons (Fsp3) is 0.263. The Morgan fingerprint density at radius 2 is 1.54 bits per heavy atom. The maximum atomic E-state index is 11.8. The number of amides is 2. The Bertz CT molecular complexity index is 696. The highest BCUT2D eigenvalue weighted by atomic mass is 16.5. The van der Waals surface area contributed by atoms with Gasteiger partial charge in [-0.3, -0.25) is 9.59 Å². The number of aryl methyl sites for hydroxylation is 2. The van der Waals surface area contributed by atoms with Gasteiger partial charge in [-0.15, -0.1) is 0 Å². The summed E-state index contributed by atoms with van der Waals surface area (Å²) < 4.78 is 5.15. The molecule has 24 heavy (non-hydrogen) atoms. The Kier molecular flexibility index (Phi) is 6.51. The van der Waals surface area contributed by atoms with Gasteiger partial charge in [0.2, 0.25) is 11.8 Å². The van der Waals surface area contributed by atoms with Crippen LogP contribution in [0.4, 0.5) is 11.4 Å². The zero-order valence-electron chi connectivity index (χ0n) is 14.0. The Morgan fingerprint density at radius 3 is 2.12 bits per heavy atom. The van der Waals surface area contributed by atoms with Crippen molar-refractivity contribution in [3.63, 3.8) is 0 Å². The van der Waals surface area contributed by atoms with Gasteiger partial charge in [-0.2, -0.15) is 0 Å². The van der Waals surface area contributed by atoms with Crippen molar-refractivity contribution in [2.75, 3.05) is 23.8 Å². The molecule has 2 aromatic carbocycles. The molecule has 2 aromatic rings. The standard InChI is InChI=1S/C19H22N2O3/c1-3-15-7-9-16(10-8-15)20-18(22)12-24-13-19(23)21-17-6-4-5-14(2)11-17/h4-11H,3,12-13H2,1-2H3,(H,20,22)(H,21,23). The van der Waals surface area contributed by atoms with E-state index < -0.39 is 0 Å². The van der Waals surface area contributed by atoms with Crippen molar-refractivity contribution in [3.05, 3.63) is 59.7 Å². The third-order valence-corrected chi connectivity index (χ3v) is 3.41. The van der Waals surface area contributed by atoms with Crippen LogP contribution in [0.3, 0.4) is 0 Å². The van der Waals surface area contributed by atoms with Gasteiger partial charge in [0.05, 0.1) is 0 Å². The minimum absolute atomic E-state index is 0.170. The van der Waals surface area contributed by atoms with E-state index in [-0.39, 0.29) is 25.0 Å². The van der Waals surface area contributed by atoms with Crippen LogP contribution in [0.15, 0.2) is 48.5 Å². The summed E-state index contributed by atoms with van der Waals surface area (Å²) in [6.45, 7) is 3.68. The molecule has 0 radical (unpaired) electrons. The van der Waals surface area contributed by atoms with E-state index in [1.807, 2.05) is 49.4 Å². The number of rotatable bonds is 7. The molecule has 0 bridgehead atoms. The monoisotopic (exact) mass is 326 g/mol. The molecule has 2 N–H and O–H groups in total. The summed E-state index contributed by atoms with van der Waals surface area (Å²) >= 11 is 0. The summed E-state index contributed by atoms with van der Waals surface area (Å²) in [7, 11) is 0. The van der Waals surface area contributed by atoms with Crippen LogP contribution in [0.25, 0.3) is 0 Å². The zero-order chi connectivity index (χ0) is 17.4. The summed E-state index contributed by atoms with van der Waals surface area (Å²) in [6.07, 6.45) is 0.952. The third kappa shape index (κ3) is 5.85. The second-order valence-electron chi connectivity index (χ2n) is 5.51. The number of hydrogen-bond donors (Lipinski definition) is 2. The third-order valence-electron chi connectivity index (χ3n) is 3.41. The first-order chi connectivity index (χ1) is 11.6. The van der Waals surface area contributed by atoms with Gasteiger partial charge in [-0.1, -0.05) is 31.2 Å². The first kappa shape index (κ1) is 17.7. The van der Waals surface area contributed by atoms with Gasteiger partial charge in [-0.25, -0.2) is 0 Å². The van der Waals surface area contributed by atoms with Crippen molar-refractivity contribution in [1.29, 1.82) is 0 Å². The van der Waals surface area contributed by atoms with Gasteiger partial charge in [0.15, 0.2) is 0 Å². The number of carbonyl (C=O) groups is 2. The minimum Gasteiger partial charge on any atom is -0.362 e. The van der Waals surface area contributed by atoms with Crippen LogP contribution in [0.1, 0.15) is 18.1 Å². The normalized spacial score (nSPS) is 10.2. The van der Waals surface area contributed by atoms with Gasteiger partial charge < -0.3 is 15.4 Å². The van der Waals surface area contributed by atoms with E-state index in [0.29, 0.717) is 11.4 Å². The van der Waals surface area contributed by atoms with E-state index in [0.717, 1.165) is 12.0 Å². The van der Waals surface area contributed by atoms with Crippen molar-refractivity contribution < 1.29 is 14.3 Å². The lowest BCUT2D eigenvalue weighted by Crippen LogP contribution is -2.23. The topological polar surface area (TPSA) is 67.4 Å². The number of anilines is 2. The van der Waals surface area contributed by atoms with Crippen LogP contribution in [0.2, 0.25) is 0 Å². The van der Waals surface area contributed by atoms with Crippen molar-refractivity contribution in [3.8, 4) is 0 Å². The Balaban J connectivity index is 1.70.